The second-order valence-electron chi connectivity index (χ2n) is 13.0. The minimum absolute atomic E-state index is 0.0342. The molecule has 5 rings (SSSR count). The normalized spacial score (nSPS) is 16.6. The van der Waals surface area contributed by atoms with E-state index in [2.05, 4.69) is 63.3 Å². The fourth-order valence-corrected chi connectivity index (χ4v) is 6.64. The highest BCUT2D eigenvalue weighted by molar-refractivity contribution is 5.93. The van der Waals surface area contributed by atoms with Crippen molar-refractivity contribution < 1.29 is 9.53 Å². The number of benzene rings is 3. The van der Waals surface area contributed by atoms with E-state index in [1.54, 1.807) is 0 Å². The summed E-state index contributed by atoms with van der Waals surface area (Å²) in [4.78, 5) is 13.6. The maximum atomic E-state index is 13.6. The largest absolute Gasteiger partial charge is 0.457 e. The first-order valence-corrected chi connectivity index (χ1v) is 15.1. The van der Waals surface area contributed by atoms with E-state index in [9.17, 15) is 4.79 Å². The lowest BCUT2D eigenvalue weighted by Crippen LogP contribution is -2.22. The van der Waals surface area contributed by atoms with Gasteiger partial charge in [0.1, 0.15) is 11.5 Å². The third kappa shape index (κ3) is 6.75. The molecule has 3 heteroatoms. The summed E-state index contributed by atoms with van der Waals surface area (Å²) in [5.41, 5.74) is 5.54. The lowest BCUT2D eigenvalue weighted by molar-refractivity contribution is -0.116. The summed E-state index contributed by atoms with van der Waals surface area (Å²) in [5, 5.41) is 3.34. The molecule has 0 radical (unpaired) electrons. The zero-order chi connectivity index (χ0) is 27.4. The van der Waals surface area contributed by atoms with Crippen molar-refractivity contribution in [3.05, 3.63) is 89.0 Å². The zero-order valence-electron chi connectivity index (χ0n) is 24.3. The predicted octanol–water partition coefficient (Wildman–Crippen LogP) is 9.79. The maximum Gasteiger partial charge on any atom is 0.225 e. The maximum absolute atomic E-state index is 13.6. The van der Waals surface area contributed by atoms with Crippen LogP contribution in [0.5, 0.6) is 11.5 Å². The van der Waals surface area contributed by atoms with E-state index >= 15 is 0 Å². The average molecular weight is 524 g/mol. The molecule has 0 saturated heterocycles. The van der Waals surface area contributed by atoms with Crippen molar-refractivity contribution in [3.63, 3.8) is 0 Å². The van der Waals surface area contributed by atoms with Crippen LogP contribution in [0.4, 0.5) is 5.69 Å². The Morgan fingerprint density at radius 3 is 2.21 bits per heavy atom. The molecule has 1 atom stereocenters. The first-order valence-electron chi connectivity index (χ1n) is 15.1. The van der Waals surface area contributed by atoms with Gasteiger partial charge in [0.05, 0.1) is 0 Å². The van der Waals surface area contributed by atoms with Crippen molar-refractivity contribution in [2.24, 2.45) is 11.8 Å². The third-order valence-electron chi connectivity index (χ3n) is 8.75. The lowest BCUT2D eigenvalue weighted by Gasteiger charge is -2.28. The molecule has 1 fully saturated rings. The quantitative estimate of drug-likeness (QED) is 0.319. The molecule has 3 aromatic carbocycles. The van der Waals surface area contributed by atoms with Crippen LogP contribution in [-0.2, 0) is 16.6 Å². The summed E-state index contributed by atoms with van der Waals surface area (Å²) in [7, 11) is 0. The van der Waals surface area contributed by atoms with E-state index in [4.69, 9.17) is 4.74 Å². The van der Waals surface area contributed by atoms with E-state index in [0.717, 1.165) is 46.6 Å². The molecule has 1 heterocycles. The molecule has 3 aromatic rings. The Kier molecular flexibility index (Phi) is 8.45. The highest BCUT2D eigenvalue weighted by atomic mass is 16.5. The zero-order valence-corrected chi connectivity index (χ0v) is 24.3. The van der Waals surface area contributed by atoms with Gasteiger partial charge in [-0.3, -0.25) is 4.79 Å². The van der Waals surface area contributed by atoms with Crippen LogP contribution in [0.2, 0.25) is 0 Å². The van der Waals surface area contributed by atoms with Crippen LogP contribution >= 0.6 is 0 Å². The van der Waals surface area contributed by atoms with E-state index in [1.165, 1.54) is 56.1 Å². The summed E-state index contributed by atoms with van der Waals surface area (Å²) in [6.45, 7) is 9.07. The van der Waals surface area contributed by atoms with Crippen molar-refractivity contribution in [1.29, 1.82) is 0 Å². The first-order chi connectivity index (χ1) is 18.8. The number of anilines is 1. The molecular formula is C36H45NO2. The smallest absolute Gasteiger partial charge is 0.225 e. The number of rotatable bonds is 8. The number of amides is 1. The van der Waals surface area contributed by atoms with Gasteiger partial charge < -0.3 is 10.1 Å². The molecule has 3 nitrogen and oxygen atoms in total. The molecule has 0 aromatic heterocycles. The third-order valence-corrected chi connectivity index (χ3v) is 8.75. The molecule has 0 spiro atoms. The van der Waals surface area contributed by atoms with Crippen molar-refractivity contribution in [2.75, 3.05) is 5.32 Å². The van der Waals surface area contributed by atoms with Gasteiger partial charge in [0, 0.05) is 29.2 Å². The number of nitrogens with one attached hydrogen (secondary N) is 1. The number of hydrogen-bond donors (Lipinski definition) is 1. The molecule has 1 N–H and O–H groups in total. The molecule has 2 aliphatic rings. The minimum Gasteiger partial charge on any atom is -0.457 e. The number of carbonyl (C=O) groups excluding carboxylic acids is 1. The van der Waals surface area contributed by atoms with Crippen LogP contribution in [0.3, 0.4) is 0 Å². The van der Waals surface area contributed by atoms with Gasteiger partial charge in [-0.1, -0.05) is 108 Å². The molecule has 1 aliphatic heterocycles. The second kappa shape index (κ2) is 12.0. The molecule has 1 saturated carbocycles. The number of ether oxygens (including phenoxy) is 1. The summed E-state index contributed by atoms with van der Waals surface area (Å²) in [6, 6.07) is 22.9. The topological polar surface area (TPSA) is 38.3 Å². The molecule has 0 bridgehead atoms. The molecule has 39 heavy (non-hydrogen) atoms. The Balaban J connectivity index is 1.31. The first kappa shape index (κ1) is 27.5. The van der Waals surface area contributed by atoms with Crippen LogP contribution in [0.25, 0.3) is 0 Å². The molecule has 1 aliphatic carbocycles. The van der Waals surface area contributed by atoms with Crippen LogP contribution in [-0.4, -0.2) is 5.91 Å². The number of carbonyl (C=O) groups is 1. The average Bonchev–Trinajstić information content (AvgIpc) is 2.92. The Morgan fingerprint density at radius 1 is 0.923 bits per heavy atom. The van der Waals surface area contributed by atoms with Gasteiger partial charge in [-0.15, -0.1) is 0 Å². The van der Waals surface area contributed by atoms with Crippen LogP contribution in [0.15, 0.2) is 66.7 Å². The number of para-hydroxylation sites is 2. The van der Waals surface area contributed by atoms with Gasteiger partial charge in [0.25, 0.3) is 0 Å². The highest BCUT2D eigenvalue weighted by Gasteiger charge is 2.29. The number of hydrogen-bond acceptors (Lipinski definition) is 2. The minimum atomic E-state index is -0.0622. The standard InChI is InChI=1S/C36H45NO2/c1-25(22-26-12-6-5-7-13-26)18-19-27-20-21-31(36(2,3)4)32(23-27)37-35(38)24-30-28-14-8-10-16-33(28)39-34-17-11-9-15-29(30)34/h8-11,14-17,20-21,23,25-26,30H,5-7,12-13,18-19,22,24H2,1-4H3,(H,37,38). The molecule has 1 amide bonds. The van der Waals surface area contributed by atoms with Gasteiger partial charge >= 0.3 is 0 Å². The Hall–Kier alpha value is -3.07. The van der Waals surface area contributed by atoms with Crippen molar-refractivity contribution in [3.8, 4) is 11.5 Å². The summed E-state index contributed by atoms with van der Waals surface area (Å²) in [5.74, 6) is 3.35. The van der Waals surface area contributed by atoms with Gasteiger partial charge in [0.15, 0.2) is 0 Å². The van der Waals surface area contributed by atoms with Crippen molar-refractivity contribution in [1.82, 2.24) is 0 Å². The van der Waals surface area contributed by atoms with Crippen molar-refractivity contribution >= 4 is 11.6 Å². The van der Waals surface area contributed by atoms with E-state index in [-0.39, 0.29) is 17.2 Å². The summed E-state index contributed by atoms with van der Waals surface area (Å²) < 4.78 is 6.15. The Bertz CT molecular complexity index is 1240. The van der Waals surface area contributed by atoms with E-state index < -0.39 is 0 Å². The molecule has 206 valence electrons. The van der Waals surface area contributed by atoms with E-state index in [1.807, 2.05) is 36.4 Å². The second-order valence-corrected chi connectivity index (χ2v) is 13.0. The highest BCUT2D eigenvalue weighted by Crippen LogP contribution is 2.45. The van der Waals surface area contributed by atoms with Gasteiger partial charge in [-0.25, -0.2) is 0 Å². The monoisotopic (exact) mass is 523 g/mol. The Labute approximate surface area is 235 Å². The van der Waals surface area contributed by atoms with Crippen LogP contribution in [0.1, 0.15) is 107 Å². The van der Waals surface area contributed by atoms with Gasteiger partial charge in [-0.2, -0.15) is 0 Å². The SMILES string of the molecule is CC(CCc1ccc(C(C)(C)C)c(NC(=O)CC2c3ccccc3Oc3ccccc32)c1)CC1CCCCC1. The van der Waals surface area contributed by atoms with E-state index in [0.29, 0.717) is 6.42 Å². The van der Waals surface area contributed by atoms with Gasteiger partial charge in [0.2, 0.25) is 5.91 Å². The number of fused-ring (bicyclic) bond motifs is 2. The van der Waals surface area contributed by atoms with Crippen LogP contribution < -0.4 is 10.1 Å². The molecule has 1 unspecified atom stereocenters. The number of aryl methyl sites for hydroxylation is 1. The van der Waals surface area contributed by atoms with Crippen LogP contribution in [0, 0.1) is 11.8 Å². The molecular weight excluding hydrogens is 478 g/mol. The summed E-state index contributed by atoms with van der Waals surface area (Å²) in [6.07, 6.45) is 11.1. The predicted molar refractivity (Wildman–Crippen MR) is 162 cm³/mol. The Morgan fingerprint density at radius 2 is 1.56 bits per heavy atom. The van der Waals surface area contributed by atoms with Crippen molar-refractivity contribution in [2.45, 2.75) is 96.8 Å². The fraction of sp³-hybridized carbons (Fsp3) is 0.472. The fourth-order valence-electron chi connectivity index (χ4n) is 6.64. The summed E-state index contributed by atoms with van der Waals surface area (Å²) >= 11 is 0. The van der Waals surface area contributed by atoms with Gasteiger partial charge in [-0.05, 0) is 65.8 Å². The lowest BCUT2D eigenvalue weighted by atomic mass is 9.81.